The van der Waals surface area contributed by atoms with Gasteiger partial charge in [-0.15, -0.1) is 10.2 Å². The van der Waals surface area contributed by atoms with E-state index < -0.39 is 0 Å². The van der Waals surface area contributed by atoms with Gasteiger partial charge in [0.15, 0.2) is 0 Å². The zero-order valence-electron chi connectivity index (χ0n) is 12.4. The smallest absolute Gasteiger partial charge is 0.230 e. The lowest BCUT2D eigenvalue weighted by Gasteiger charge is -2.26. The number of aryl methyl sites for hydroxylation is 1. The Labute approximate surface area is 120 Å². The summed E-state index contributed by atoms with van der Waals surface area (Å²) >= 11 is 0. The Morgan fingerprint density at radius 3 is 2.75 bits per heavy atom. The van der Waals surface area contributed by atoms with E-state index in [1.54, 1.807) is 7.11 Å². The maximum Gasteiger partial charge on any atom is 0.230 e. The molecule has 20 heavy (non-hydrogen) atoms. The molecule has 1 aromatic rings. The first-order valence-corrected chi connectivity index (χ1v) is 7.53. The fourth-order valence-corrected chi connectivity index (χ4v) is 3.33. The Balaban J connectivity index is 1.62. The van der Waals surface area contributed by atoms with Gasteiger partial charge >= 0.3 is 0 Å². The molecule has 0 radical (unpaired) electrons. The summed E-state index contributed by atoms with van der Waals surface area (Å²) in [7, 11) is 1.80. The lowest BCUT2D eigenvalue weighted by molar-refractivity contribution is 0.105. The number of nitrogens with zero attached hydrogens (tertiary/aromatic N) is 4. The van der Waals surface area contributed by atoms with E-state index in [-0.39, 0.29) is 0 Å². The molecule has 6 nitrogen and oxygen atoms in total. The van der Waals surface area contributed by atoms with Crippen molar-refractivity contribution in [1.29, 1.82) is 0 Å². The molecule has 0 N–H and O–H groups in total. The van der Waals surface area contributed by atoms with Gasteiger partial charge in [0.25, 0.3) is 0 Å². The lowest BCUT2D eigenvalue weighted by atomic mass is 10.2. The summed E-state index contributed by atoms with van der Waals surface area (Å²) in [5, 5.41) is 8.02. The summed E-state index contributed by atoms with van der Waals surface area (Å²) in [6.07, 6.45) is 4.10. The van der Waals surface area contributed by atoms with Crippen LogP contribution < -0.4 is 0 Å². The van der Waals surface area contributed by atoms with Crippen molar-refractivity contribution in [1.82, 2.24) is 20.0 Å². The molecule has 2 fully saturated rings. The zero-order valence-corrected chi connectivity index (χ0v) is 12.4. The summed E-state index contributed by atoms with van der Waals surface area (Å²) in [5.41, 5.74) is 0. The van der Waals surface area contributed by atoms with E-state index in [0.29, 0.717) is 23.9 Å². The molecule has 1 aromatic heterocycles. The first-order valence-electron chi connectivity index (χ1n) is 7.53. The number of ether oxygens (including phenoxy) is 1. The quantitative estimate of drug-likeness (QED) is 0.804. The summed E-state index contributed by atoms with van der Waals surface area (Å²) < 4.78 is 11.1. The van der Waals surface area contributed by atoms with Crippen LogP contribution in [0.2, 0.25) is 0 Å². The van der Waals surface area contributed by atoms with Crippen LogP contribution in [0.5, 0.6) is 0 Å². The Bertz CT molecular complexity index is 431. The molecule has 112 valence electrons. The van der Waals surface area contributed by atoms with Crippen molar-refractivity contribution in [3.05, 3.63) is 11.8 Å². The molecule has 3 rings (SSSR count). The molecule has 0 amide bonds. The van der Waals surface area contributed by atoms with Crippen LogP contribution >= 0.6 is 0 Å². The number of likely N-dealkylation sites (tertiary alicyclic amines) is 2. The van der Waals surface area contributed by atoms with Crippen molar-refractivity contribution in [2.75, 3.05) is 33.3 Å². The molecule has 0 aromatic carbocycles. The molecular weight excluding hydrogens is 256 g/mol. The molecule has 0 spiro atoms. The van der Waals surface area contributed by atoms with Crippen molar-refractivity contribution in [3.8, 4) is 0 Å². The summed E-state index contributed by atoms with van der Waals surface area (Å²) in [4.78, 5) is 4.99. The van der Waals surface area contributed by atoms with Crippen LogP contribution in [0.15, 0.2) is 4.42 Å². The molecule has 0 aliphatic carbocycles. The lowest BCUT2D eigenvalue weighted by Crippen LogP contribution is -2.39. The highest BCUT2D eigenvalue weighted by atomic mass is 16.5. The normalized spacial score (nSPS) is 28.5. The molecule has 6 heteroatoms. The maximum absolute atomic E-state index is 5.55. The summed E-state index contributed by atoms with van der Waals surface area (Å²) in [6, 6.07) is 0.533. The molecule has 2 saturated heterocycles. The van der Waals surface area contributed by atoms with Crippen LogP contribution in [-0.2, 0) is 11.3 Å². The predicted octanol–water partition coefficient (Wildman–Crippen LogP) is 1.06. The molecule has 2 aliphatic heterocycles. The van der Waals surface area contributed by atoms with Crippen molar-refractivity contribution in [3.63, 3.8) is 0 Å². The van der Waals surface area contributed by atoms with Gasteiger partial charge in [-0.05, 0) is 32.4 Å². The van der Waals surface area contributed by atoms with Crippen LogP contribution in [0.1, 0.15) is 31.0 Å². The first kappa shape index (κ1) is 14.0. The van der Waals surface area contributed by atoms with E-state index in [4.69, 9.17) is 9.15 Å². The van der Waals surface area contributed by atoms with E-state index in [9.17, 15) is 0 Å². The molecule has 0 saturated carbocycles. The van der Waals surface area contributed by atoms with Crippen LogP contribution in [0.4, 0.5) is 0 Å². The van der Waals surface area contributed by atoms with Crippen molar-refractivity contribution < 1.29 is 9.15 Å². The largest absolute Gasteiger partial charge is 0.424 e. The van der Waals surface area contributed by atoms with E-state index >= 15 is 0 Å². The average Bonchev–Trinajstić information content (AvgIpc) is 3.14. The molecule has 0 unspecified atom stereocenters. The van der Waals surface area contributed by atoms with Gasteiger partial charge in [-0.25, -0.2) is 0 Å². The standard InChI is InChI=1S/C14H24N4O2/c1-11-15-16-14(20-11)10-18-9-13(19-2)7-12(18)8-17-5-3-4-6-17/h12-13H,3-10H2,1-2H3/t12-,13-/m0/s1. The Hall–Kier alpha value is -0.980. The molecule has 2 atom stereocenters. The fourth-order valence-electron chi connectivity index (χ4n) is 3.33. The van der Waals surface area contributed by atoms with Crippen LogP contribution in [0.25, 0.3) is 0 Å². The summed E-state index contributed by atoms with van der Waals surface area (Å²) in [5.74, 6) is 1.35. The number of methoxy groups -OCH3 is 1. The predicted molar refractivity (Wildman–Crippen MR) is 74.3 cm³/mol. The van der Waals surface area contributed by atoms with Crippen LogP contribution in [0, 0.1) is 6.92 Å². The Kier molecular flexibility index (Phi) is 4.33. The van der Waals surface area contributed by atoms with Gasteiger partial charge in [0, 0.05) is 33.2 Å². The molecule has 2 aliphatic rings. The third-order valence-electron chi connectivity index (χ3n) is 4.40. The minimum absolute atomic E-state index is 0.326. The molecule has 3 heterocycles. The zero-order chi connectivity index (χ0) is 13.9. The highest BCUT2D eigenvalue weighted by Crippen LogP contribution is 2.24. The minimum atomic E-state index is 0.326. The number of aromatic nitrogens is 2. The second-order valence-corrected chi connectivity index (χ2v) is 5.90. The Morgan fingerprint density at radius 2 is 2.10 bits per heavy atom. The van der Waals surface area contributed by atoms with E-state index in [0.717, 1.165) is 26.1 Å². The number of hydrogen-bond donors (Lipinski definition) is 0. The maximum atomic E-state index is 5.55. The first-order chi connectivity index (χ1) is 9.74. The molecular formula is C14H24N4O2. The van der Waals surface area contributed by atoms with Gasteiger partial charge in [-0.1, -0.05) is 0 Å². The van der Waals surface area contributed by atoms with Gasteiger partial charge in [0.05, 0.1) is 12.6 Å². The van der Waals surface area contributed by atoms with Gasteiger partial charge in [0.2, 0.25) is 11.8 Å². The topological polar surface area (TPSA) is 54.6 Å². The van der Waals surface area contributed by atoms with Crippen LogP contribution in [0.3, 0.4) is 0 Å². The van der Waals surface area contributed by atoms with Crippen molar-refractivity contribution >= 4 is 0 Å². The fraction of sp³-hybridized carbons (Fsp3) is 0.857. The van der Waals surface area contributed by atoms with Gasteiger partial charge in [0.1, 0.15) is 0 Å². The van der Waals surface area contributed by atoms with Gasteiger partial charge in [-0.2, -0.15) is 0 Å². The van der Waals surface area contributed by atoms with Crippen LogP contribution in [-0.4, -0.2) is 65.4 Å². The van der Waals surface area contributed by atoms with Gasteiger partial charge < -0.3 is 14.1 Å². The highest BCUT2D eigenvalue weighted by molar-refractivity contribution is 4.91. The van der Waals surface area contributed by atoms with E-state index in [1.165, 1.54) is 25.9 Å². The van der Waals surface area contributed by atoms with E-state index in [2.05, 4.69) is 20.0 Å². The van der Waals surface area contributed by atoms with Gasteiger partial charge in [-0.3, -0.25) is 4.90 Å². The van der Waals surface area contributed by atoms with E-state index in [1.807, 2.05) is 6.92 Å². The second kappa shape index (κ2) is 6.20. The van der Waals surface area contributed by atoms with Crippen molar-refractivity contribution in [2.45, 2.75) is 44.9 Å². The third-order valence-corrected chi connectivity index (χ3v) is 4.40. The third kappa shape index (κ3) is 3.19. The SMILES string of the molecule is CO[C@H]1C[C@@H](CN2CCCC2)N(Cc2nnc(C)o2)C1. The minimum Gasteiger partial charge on any atom is -0.424 e. The highest BCUT2D eigenvalue weighted by Gasteiger charge is 2.34. The molecule has 0 bridgehead atoms. The average molecular weight is 280 g/mol. The van der Waals surface area contributed by atoms with Crippen molar-refractivity contribution in [2.24, 2.45) is 0 Å². The number of hydrogen-bond acceptors (Lipinski definition) is 6. The Morgan fingerprint density at radius 1 is 1.30 bits per heavy atom. The monoisotopic (exact) mass is 280 g/mol. The number of rotatable bonds is 5. The second-order valence-electron chi connectivity index (χ2n) is 5.90. The summed E-state index contributed by atoms with van der Waals surface area (Å²) in [6.45, 7) is 7.13.